The molecule has 1 saturated heterocycles. The predicted molar refractivity (Wildman–Crippen MR) is 117 cm³/mol. The third-order valence-corrected chi connectivity index (χ3v) is 8.04. The molecule has 1 fully saturated rings. The lowest BCUT2D eigenvalue weighted by Crippen LogP contribution is -2.41. The Morgan fingerprint density at radius 2 is 1.75 bits per heavy atom. The fourth-order valence-corrected chi connectivity index (χ4v) is 5.82. The molecule has 0 atom stereocenters. The summed E-state index contributed by atoms with van der Waals surface area (Å²) in [5.41, 5.74) is 0.204. The Hall–Kier alpha value is -3.05. The number of urea groups is 1. The first-order valence-electron chi connectivity index (χ1n) is 9.58. The molecule has 3 amide bonds. The maximum atomic E-state index is 13.7. The number of carbonyl (C=O) groups is 2. The minimum absolute atomic E-state index is 0.0327. The first-order chi connectivity index (χ1) is 15.0. The average molecular weight is 486 g/mol. The number of aromatic hydroxyl groups is 1. The van der Waals surface area contributed by atoms with Gasteiger partial charge >= 0.3 is 12.1 Å². The van der Waals surface area contributed by atoms with Gasteiger partial charge in [-0.25, -0.2) is 22.4 Å². The number of halogens is 2. The Bertz CT molecular complexity index is 1170. The van der Waals surface area contributed by atoms with E-state index >= 15 is 0 Å². The van der Waals surface area contributed by atoms with Crippen LogP contribution in [0, 0.1) is 12.7 Å². The van der Waals surface area contributed by atoms with Gasteiger partial charge in [-0.05, 0) is 44.0 Å². The number of phenolic OH excluding ortho intramolecular Hbond substituents is 1. The van der Waals surface area contributed by atoms with Gasteiger partial charge in [-0.3, -0.25) is 0 Å². The molecule has 1 aliphatic rings. The smallest absolute Gasteiger partial charge is 0.407 e. The summed E-state index contributed by atoms with van der Waals surface area (Å²) < 4.78 is 39.9. The lowest BCUT2D eigenvalue weighted by atomic mass is 10.1. The number of benzene rings is 2. The fourth-order valence-electron chi connectivity index (χ4n) is 3.46. The molecular formula is C20H21ClFN3O6S. The number of sulfone groups is 1. The number of rotatable bonds is 4. The lowest BCUT2D eigenvalue weighted by molar-refractivity contribution is 0.136. The van der Waals surface area contributed by atoms with E-state index in [1.165, 1.54) is 37.3 Å². The predicted octanol–water partition coefficient (Wildman–Crippen LogP) is 4.05. The highest BCUT2D eigenvalue weighted by atomic mass is 35.5. The van der Waals surface area contributed by atoms with Crippen molar-refractivity contribution in [3.8, 4) is 5.75 Å². The number of likely N-dealkylation sites (tertiary alicyclic amines) is 1. The van der Waals surface area contributed by atoms with Crippen LogP contribution in [0.3, 0.4) is 0 Å². The summed E-state index contributed by atoms with van der Waals surface area (Å²) in [6, 6.07) is 5.78. The molecule has 32 heavy (non-hydrogen) atoms. The highest BCUT2D eigenvalue weighted by Crippen LogP contribution is 2.40. The molecule has 0 radical (unpaired) electrons. The van der Waals surface area contributed by atoms with E-state index in [0.29, 0.717) is 0 Å². The van der Waals surface area contributed by atoms with Gasteiger partial charge in [0.05, 0.1) is 16.0 Å². The zero-order valence-electron chi connectivity index (χ0n) is 16.9. The van der Waals surface area contributed by atoms with Crippen molar-refractivity contribution >= 4 is 44.9 Å². The molecule has 12 heteroatoms. The number of hydrogen-bond donors (Lipinski definition) is 4. The number of carbonyl (C=O) groups excluding carboxylic acids is 1. The van der Waals surface area contributed by atoms with Crippen LogP contribution in [0.25, 0.3) is 0 Å². The lowest BCUT2D eigenvalue weighted by Gasteiger charge is -2.30. The third kappa shape index (κ3) is 4.73. The Balaban J connectivity index is 1.83. The summed E-state index contributed by atoms with van der Waals surface area (Å²) in [7, 11) is -4.12. The van der Waals surface area contributed by atoms with Gasteiger partial charge in [-0.1, -0.05) is 17.7 Å². The molecule has 0 unspecified atom stereocenters. The van der Waals surface area contributed by atoms with Crippen LogP contribution in [0.4, 0.5) is 25.4 Å². The molecular weight excluding hydrogens is 465 g/mol. The highest BCUT2D eigenvalue weighted by molar-refractivity contribution is 7.92. The molecule has 4 N–H and O–H groups in total. The number of carboxylic acid groups (broad SMARTS) is 1. The number of amides is 3. The molecule has 9 nitrogen and oxygen atoms in total. The van der Waals surface area contributed by atoms with Crippen LogP contribution in [0.5, 0.6) is 5.75 Å². The Morgan fingerprint density at radius 1 is 1.12 bits per heavy atom. The summed E-state index contributed by atoms with van der Waals surface area (Å²) in [6.45, 7) is 1.54. The Morgan fingerprint density at radius 3 is 2.38 bits per heavy atom. The van der Waals surface area contributed by atoms with Crippen LogP contribution in [-0.2, 0) is 9.84 Å². The van der Waals surface area contributed by atoms with Crippen LogP contribution >= 0.6 is 11.6 Å². The van der Waals surface area contributed by atoms with Gasteiger partial charge in [0.1, 0.15) is 10.7 Å². The van der Waals surface area contributed by atoms with Crippen molar-refractivity contribution in [1.29, 1.82) is 0 Å². The van der Waals surface area contributed by atoms with E-state index in [1.807, 2.05) is 0 Å². The zero-order valence-corrected chi connectivity index (χ0v) is 18.5. The minimum Gasteiger partial charge on any atom is -0.504 e. The second-order valence-electron chi connectivity index (χ2n) is 7.28. The minimum atomic E-state index is -4.12. The average Bonchev–Trinajstić information content (AvgIpc) is 2.73. The molecule has 1 aliphatic heterocycles. The molecule has 0 bridgehead atoms. The van der Waals surface area contributed by atoms with Gasteiger partial charge in [0, 0.05) is 24.3 Å². The van der Waals surface area contributed by atoms with E-state index in [2.05, 4.69) is 10.6 Å². The van der Waals surface area contributed by atoms with Gasteiger partial charge in [0.2, 0.25) is 0 Å². The van der Waals surface area contributed by atoms with Crippen molar-refractivity contribution in [3.05, 3.63) is 46.7 Å². The standard InChI is InChI=1S/C20H21ClFN3O6S/c1-11-14(22)3-2-4-15(11)23-19(27)24-16-6-5-13(21)18(17(16)26)32(30,31)12-7-9-25(10-8-12)20(28)29/h2-6,12,26H,7-10H2,1H3,(H,28,29)(H2,23,24,27). The van der Waals surface area contributed by atoms with Crippen LogP contribution < -0.4 is 10.6 Å². The van der Waals surface area contributed by atoms with Crippen molar-refractivity contribution in [3.63, 3.8) is 0 Å². The molecule has 0 saturated carbocycles. The Kier molecular flexibility index (Phi) is 6.79. The van der Waals surface area contributed by atoms with E-state index in [9.17, 15) is 27.5 Å². The number of anilines is 2. The van der Waals surface area contributed by atoms with Crippen molar-refractivity contribution in [1.82, 2.24) is 4.90 Å². The summed E-state index contributed by atoms with van der Waals surface area (Å²) in [4.78, 5) is 24.0. The maximum Gasteiger partial charge on any atom is 0.407 e. The van der Waals surface area contributed by atoms with E-state index in [-0.39, 0.29) is 47.9 Å². The zero-order chi connectivity index (χ0) is 23.6. The van der Waals surface area contributed by atoms with E-state index in [4.69, 9.17) is 16.7 Å². The number of hydrogen-bond acceptors (Lipinski definition) is 5. The first-order valence-corrected chi connectivity index (χ1v) is 11.5. The molecule has 0 spiro atoms. The van der Waals surface area contributed by atoms with Crippen LogP contribution in [0.1, 0.15) is 18.4 Å². The van der Waals surface area contributed by atoms with E-state index < -0.39 is 43.7 Å². The third-order valence-electron chi connectivity index (χ3n) is 5.28. The molecule has 0 aliphatic carbocycles. The van der Waals surface area contributed by atoms with Gasteiger partial charge in [0.15, 0.2) is 15.6 Å². The summed E-state index contributed by atoms with van der Waals surface area (Å²) >= 11 is 6.08. The van der Waals surface area contributed by atoms with Gasteiger partial charge in [-0.2, -0.15) is 0 Å². The number of nitrogens with zero attached hydrogens (tertiary/aromatic N) is 1. The second kappa shape index (κ2) is 9.21. The van der Waals surface area contributed by atoms with Gasteiger partial charge in [0.25, 0.3) is 0 Å². The second-order valence-corrected chi connectivity index (χ2v) is 9.85. The SMILES string of the molecule is Cc1c(F)cccc1NC(=O)Nc1ccc(Cl)c(S(=O)(=O)C2CCN(C(=O)O)CC2)c1O. The van der Waals surface area contributed by atoms with Crippen LogP contribution in [-0.4, -0.2) is 54.0 Å². The fraction of sp³-hybridized carbons (Fsp3) is 0.300. The first kappa shape index (κ1) is 23.6. The molecule has 3 rings (SSSR count). The molecule has 172 valence electrons. The van der Waals surface area contributed by atoms with Gasteiger partial charge < -0.3 is 25.7 Å². The summed E-state index contributed by atoms with van der Waals surface area (Å²) in [5, 5.41) is 23.3. The van der Waals surface area contributed by atoms with Crippen LogP contribution in [0.15, 0.2) is 35.2 Å². The number of piperidine rings is 1. The van der Waals surface area contributed by atoms with Crippen molar-refractivity contribution in [2.75, 3.05) is 23.7 Å². The van der Waals surface area contributed by atoms with Crippen molar-refractivity contribution in [2.45, 2.75) is 29.9 Å². The maximum absolute atomic E-state index is 13.7. The quantitative estimate of drug-likeness (QED) is 0.482. The monoisotopic (exact) mass is 485 g/mol. The van der Waals surface area contributed by atoms with Crippen molar-refractivity contribution < 1.29 is 32.6 Å². The van der Waals surface area contributed by atoms with Crippen LogP contribution in [0.2, 0.25) is 5.02 Å². The molecule has 1 heterocycles. The van der Waals surface area contributed by atoms with E-state index in [1.54, 1.807) is 0 Å². The number of phenols is 1. The molecule has 0 aromatic heterocycles. The summed E-state index contributed by atoms with van der Waals surface area (Å²) in [6.07, 6.45) is -1.05. The van der Waals surface area contributed by atoms with E-state index in [0.717, 1.165) is 4.90 Å². The normalized spacial score (nSPS) is 14.8. The highest BCUT2D eigenvalue weighted by Gasteiger charge is 2.36. The van der Waals surface area contributed by atoms with Crippen molar-refractivity contribution in [2.24, 2.45) is 0 Å². The topological polar surface area (TPSA) is 136 Å². The number of nitrogens with one attached hydrogen (secondary N) is 2. The molecule has 2 aromatic carbocycles. The molecule has 2 aromatic rings. The largest absolute Gasteiger partial charge is 0.504 e. The summed E-state index contributed by atoms with van der Waals surface area (Å²) in [5.74, 6) is -1.25. The Labute approximate surface area is 188 Å². The van der Waals surface area contributed by atoms with Gasteiger partial charge in [-0.15, -0.1) is 0 Å².